The van der Waals surface area contributed by atoms with Gasteiger partial charge in [-0.15, -0.1) is 11.3 Å². The van der Waals surface area contributed by atoms with Crippen molar-refractivity contribution in [3.05, 3.63) is 20.8 Å². The highest BCUT2D eigenvalue weighted by atomic mass is 79.9. The Morgan fingerprint density at radius 2 is 1.74 bits per heavy atom. The van der Waals surface area contributed by atoms with Crippen LogP contribution >= 0.6 is 27.3 Å². The molecule has 1 aromatic heterocycles. The topological polar surface area (TPSA) is 40.6 Å². The van der Waals surface area contributed by atoms with Crippen molar-refractivity contribution in [2.75, 3.05) is 26.2 Å². The third-order valence-electron chi connectivity index (χ3n) is 3.16. The second kappa shape index (κ2) is 6.05. The molecule has 1 aromatic rings. The van der Waals surface area contributed by atoms with Crippen molar-refractivity contribution in [2.24, 2.45) is 5.92 Å². The summed E-state index contributed by atoms with van der Waals surface area (Å²) >= 11 is 4.81. The van der Waals surface area contributed by atoms with E-state index in [0.29, 0.717) is 26.2 Å². The predicted molar refractivity (Wildman–Crippen MR) is 79.3 cm³/mol. The highest BCUT2D eigenvalue weighted by Crippen LogP contribution is 2.23. The number of halogens is 1. The van der Waals surface area contributed by atoms with Crippen molar-refractivity contribution in [3.63, 3.8) is 0 Å². The Labute approximate surface area is 125 Å². The molecule has 0 radical (unpaired) electrons. The van der Waals surface area contributed by atoms with Gasteiger partial charge in [-0.1, -0.05) is 13.8 Å². The summed E-state index contributed by atoms with van der Waals surface area (Å²) in [4.78, 5) is 28.5. The maximum absolute atomic E-state index is 12.2. The lowest BCUT2D eigenvalue weighted by atomic mass is 10.1. The van der Waals surface area contributed by atoms with Gasteiger partial charge in [0, 0.05) is 32.1 Å². The summed E-state index contributed by atoms with van der Waals surface area (Å²) in [6.07, 6.45) is 0. The van der Waals surface area contributed by atoms with Gasteiger partial charge in [-0.25, -0.2) is 0 Å². The van der Waals surface area contributed by atoms with Gasteiger partial charge < -0.3 is 9.80 Å². The lowest BCUT2D eigenvalue weighted by molar-refractivity contribution is -0.135. The number of carbonyl (C=O) groups is 2. The minimum Gasteiger partial charge on any atom is -0.339 e. The van der Waals surface area contributed by atoms with Crippen LogP contribution in [0, 0.1) is 5.92 Å². The maximum Gasteiger partial charge on any atom is 0.264 e. The number of hydrogen-bond donors (Lipinski definition) is 0. The van der Waals surface area contributed by atoms with E-state index in [1.54, 1.807) is 0 Å². The first-order chi connectivity index (χ1) is 8.99. The summed E-state index contributed by atoms with van der Waals surface area (Å²) in [5, 5.41) is 0. The van der Waals surface area contributed by atoms with Crippen molar-refractivity contribution in [1.29, 1.82) is 0 Å². The highest BCUT2D eigenvalue weighted by molar-refractivity contribution is 9.11. The molecular weight excluding hydrogens is 328 g/mol. The lowest BCUT2D eigenvalue weighted by Crippen LogP contribution is -2.51. The van der Waals surface area contributed by atoms with Crippen LogP contribution in [-0.2, 0) is 4.79 Å². The van der Waals surface area contributed by atoms with Crippen molar-refractivity contribution in [3.8, 4) is 0 Å². The second-order valence-corrected chi connectivity index (χ2v) is 7.34. The molecule has 0 spiro atoms. The number of carbonyl (C=O) groups excluding carboxylic acids is 2. The molecule has 2 rings (SSSR count). The summed E-state index contributed by atoms with van der Waals surface area (Å²) in [7, 11) is 0. The summed E-state index contributed by atoms with van der Waals surface area (Å²) < 4.78 is 0.962. The molecule has 0 bridgehead atoms. The summed E-state index contributed by atoms with van der Waals surface area (Å²) in [5.74, 6) is 0.258. The molecule has 1 saturated heterocycles. The van der Waals surface area contributed by atoms with E-state index in [9.17, 15) is 9.59 Å². The van der Waals surface area contributed by atoms with E-state index in [1.807, 2.05) is 35.8 Å². The predicted octanol–water partition coefficient (Wildman–Crippen LogP) is 2.45. The van der Waals surface area contributed by atoms with Crippen molar-refractivity contribution in [2.45, 2.75) is 13.8 Å². The molecule has 0 unspecified atom stereocenters. The Hall–Kier alpha value is -0.880. The van der Waals surface area contributed by atoms with Crippen molar-refractivity contribution >= 4 is 39.1 Å². The number of nitrogens with zero attached hydrogens (tertiary/aromatic N) is 2. The second-order valence-electron chi connectivity index (χ2n) is 4.88. The smallest absolute Gasteiger partial charge is 0.264 e. The van der Waals surface area contributed by atoms with Gasteiger partial charge in [0.05, 0.1) is 8.66 Å². The first-order valence-corrected chi connectivity index (χ1v) is 7.93. The van der Waals surface area contributed by atoms with E-state index in [-0.39, 0.29) is 17.7 Å². The van der Waals surface area contributed by atoms with E-state index in [2.05, 4.69) is 15.9 Å². The van der Waals surface area contributed by atoms with Gasteiger partial charge in [0.25, 0.3) is 5.91 Å². The zero-order valence-electron chi connectivity index (χ0n) is 11.1. The van der Waals surface area contributed by atoms with E-state index < -0.39 is 0 Å². The Balaban J connectivity index is 1.93. The quantitative estimate of drug-likeness (QED) is 0.826. The van der Waals surface area contributed by atoms with Gasteiger partial charge in [0.1, 0.15) is 0 Å². The van der Waals surface area contributed by atoms with Crippen LogP contribution in [0.4, 0.5) is 0 Å². The molecule has 4 nitrogen and oxygen atoms in total. The van der Waals surface area contributed by atoms with Crippen LogP contribution in [0.1, 0.15) is 23.5 Å². The molecule has 2 amide bonds. The number of amides is 2. The number of piperazine rings is 1. The normalized spacial score (nSPS) is 16.0. The highest BCUT2D eigenvalue weighted by Gasteiger charge is 2.26. The van der Waals surface area contributed by atoms with E-state index >= 15 is 0 Å². The average molecular weight is 345 g/mol. The van der Waals surface area contributed by atoms with Gasteiger partial charge in [-0.05, 0) is 28.1 Å². The molecule has 0 aliphatic carbocycles. The SMILES string of the molecule is CC(C)C(=O)N1CCN(C(=O)c2ccc(Br)s2)CC1. The van der Waals surface area contributed by atoms with E-state index in [4.69, 9.17) is 0 Å². The van der Waals surface area contributed by atoms with Crippen LogP contribution in [0.5, 0.6) is 0 Å². The van der Waals surface area contributed by atoms with Crippen molar-refractivity contribution < 1.29 is 9.59 Å². The molecule has 0 aromatic carbocycles. The monoisotopic (exact) mass is 344 g/mol. The summed E-state index contributed by atoms with van der Waals surface area (Å²) in [6, 6.07) is 3.72. The molecule has 2 heterocycles. The third-order valence-corrected chi connectivity index (χ3v) is 4.77. The van der Waals surface area contributed by atoms with Gasteiger partial charge in [-0.2, -0.15) is 0 Å². The molecule has 1 aliphatic rings. The third kappa shape index (κ3) is 3.36. The Morgan fingerprint density at radius 1 is 1.16 bits per heavy atom. The fraction of sp³-hybridized carbons (Fsp3) is 0.538. The summed E-state index contributed by atoms with van der Waals surface area (Å²) in [6.45, 7) is 6.32. The number of hydrogen-bond acceptors (Lipinski definition) is 3. The minimum atomic E-state index is 0.0236. The fourth-order valence-electron chi connectivity index (χ4n) is 2.08. The molecule has 0 atom stereocenters. The van der Waals surface area contributed by atoms with Crippen LogP contribution in [0.15, 0.2) is 15.9 Å². The summed E-state index contributed by atoms with van der Waals surface area (Å²) in [5.41, 5.74) is 0. The fourth-order valence-corrected chi connectivity index (χ4v) is 3.43. The van der Waals surface area contributed by atoms with Crippen molar-refractivity contribution in [1.82, 2.24) is 9.80 Å². The van der Waals surface area contributed by atoms with Gasteiger partial charge in [-0.3, -0.25) is 9.59 Å². The number of thiophene rings is 1. The Kier molecular flexibility index (Phi) is 4.62. The zero-order chi connectivity index (χ0) is 14.0. The molecule has 19 heavy (non-hydrogen) atoms. The molecule has 0 saturated carbocycles. The van der Waals surface area contributed by atoms with Crippen LogP contribution in [-0.4, -0.2) is 47.8 Å². The molecule has 1 fully saturated rings. The van der Waals surface area contributed by atoms with E-state index in [0.717, 1.165) is 8.66 Å². The van der Waals surface area contributed by atoms with Gasteiger partial charge in [0.15, 0.2) is 0 Å². The van der Waals surface area contributed by atoms with Gasteiger partial charge >= 0.3 is 0 Å². The largest absolute Gasteiger partial charge is 0.339 e. The molecule has 104 valence electrons. The Bertz CT molecular complexity index is 479. The first-order valence-electron chi connectivity index (χ1n) is 6.32. The van der Waals surface area contributed by atoms with Crippen LogP contribution in [0.25, 0.3) is 0 Å². The molecule has 1 aliphatic heterocycles. The standard InChI is InChI=1S/C13H17BrN2O2S/c1-9(2)12(17)15-5-7-16(8-6-15)13(18)10-3-4-11(14)19-10/h3-4,9H,5-8H2,1-2H3. The molecular formula is C13H17BrN2O2S. The van der Waals surface area contributed by atoms with Crippen LogP contribution in [0.3, 0.4) is 0 Å². The lowest BCUT2D eigenvalue weighted by Gasteiger charge is -2.35. The van der Waals surface area contributed by atoms with Crippen LogP contribution < -0.4 is 0 Å². The zero-order valence-corrected chi connectivity index (χ0v) is 13.5. The minimum absolute atomic E-state index is 0.0236. The maximum atomic E-state index is 12.2. The van der Waals surface area contributed by atoms with Gasteiger partial charge in [0.2, 0.25) is 5.91 Å². The Morgan fingerprint density at radius 3 is 2.21 bits per heavy atom. The average Bonchev–Trinajstić information content (AvgIpc) is 2.84. The molecule has 6 heteroatoms. The first kappa shape index (κ1) is 14.5. The van der Waals surface area contributed by atoms with E-state index in [1.165, 1.54) is 11.3 Å². The number of rotatable bonds is 2. The van der Waals surface area contributed by atoms with Crippen LogP contribution in [0.2, 0.25) is 0 Å². The molecule has 0 N–H and O–H groups in total.